The Kier molecular flexibility index (Phi) is 6.80. The van der Waals surface area contributed by atoms with Gasteiger partial charge in [0.15, 0.2) is 0 Å². The average molecular weight is 342 g/mol. The summed E-state index contributed by atoms with van der Waals surface area (Å²) in [7, 11) is 0. The molecule has 1 aromatic heterocycles. The molecule has 120 valence electrons. The molecule has 2 rings (SSSR count). The molecule has 1 heterocycles. The van der Waals surface area contributed by atoms with Crippen LogP contribution in [0.4, 0.5) is 0 Å². The monoisotopic (exact) mass is 341 g/mol. The first kappa shape index (κ1) is 18.4. The standard InChI is InChI=1S/C15H19N3O2S.ClH/c1-10-11(2)21-15(20)18(10)9-14(19)17-8-13(16)12-6-4-3-5-7-12;/h3-7,13H,8-9,16H2,1-2H3,(H,17,19);1H. The van der Waals surface area contributed by atoms with Crippen molar-refractivity contribution in [2.24, 2.45) is 5.73 Å². The van der Waals surface area contributed by atoms with Crippen LogP contribution in [-0.4, -0.2) is 17.0 Å². The second-order valence-corrected chi connectivity index (χ2v) is 6.08. The minimum Gasteiger partial charge on any atom is -0.353 e. The molecule has 0 aliphatic rings. The number of hydrogen-bond acceptors (Lipinski definition) is 4. The number of rotatable bonds is 5. The van der Waals surface area contributed by atoms with E-state index in [1.54, 1.807) is 0 Å². The van der Waals surface area contributed by atoms with Crippen molar-refractivity contribution in [2.45, 2.75) is 26.4 Å². The maximum absolute atomic E-state index is 11.9. The van der Waals surface area contributed by atoms with Gasteiger partial charge in [0.2, 0.25) is 5.91 Å². The number of aryl methyl sites for hydroxylation is 1. The molecule has 2 aromatic rings. The Bertz CT molecular complexity index is 682. The Balaban J connectivity index is 0.00000242. The molecule has 0 fully saturated rings. The summed E-state index contributed by atoms with van der Waals surface area (Å²) in [5.41, 5.74) is 7.83. The molecule has 1 aromatic carbocycles. The van der Waals surface area contributed by atoms with Gasteiger partial charge in [0.1, 0.15) is 6.54 Å². The number of carbonyl (C=O) groups excluding carboxylic acids is 1. The number of carbonyl (C=O) groups is 1. The number of aromatic nitrogens is 1. The van der Waals surface area contributed by atoms with Crippen LogP contribution in [0.2, 0.25) is 0 Å². The van der Waals surface area contributed by atoms with E-state index in [4.69, 9.17) is 5.73 Å². The molecule has 7 heteroatoms. The number of benzene rings is 1. The van der Waals surface area contributed by atoms with Gasteiger partial charge in [-0.25, -0.2) is 0 Å². The van der Waals surface area contributed by atoms with Crippen molar-refractivity contribution in [1.29, 1.82) is 0 Å². The number of halogens is 1. The summed E-state index contributed by atoms with van der Waals surface area (Å²) in [4.78, 5) is 24.5. The summed E-state index contributed by atoms with van der Waals surface area (Å²) in [6.07, 6.45) is 0. The van der Waals surface area contributed by atoms with E-state index in [0.717, 1.165) is 27.5 Å². The zero-order chi connectivity index (χ0) is 15.4. The van der Waals surface area contributed by atoms with Crippen molar-refractivity contribution in [3.63, 3.8) is 0 Å². The van der Waals surface area contributed by atoms with Gasteiger partial charge in [-0.05, 0) is 19.4 Å². The Morgan fingerprint density at radius 2 is 1.95 bits per heavy atom. The number of amides is 1. The van der Waals surface area contributed by atoms with Gasteiger partial charge in [0.25, 0.3) is 0 Å². The van der Waals surface area contributed by atoms with Gasteiger partial charge in [-0.2, -0.15) is 0 Å². The summed E-state index contributed by atoms with van der Waals surface area (Å²) in [5, 5.41) is 2.77. The van der Waals surface area contributed by atoms with Crippen molar-refractivity contribution in [3.05, 3.63) is 56.1 Å². The largest absolute Gasteiger partial charge is 0.353 e. The molecule has 22 heavy (non-hydrogen) atoms. The maximum Gasteiger partial charge on any atom is 0.308 e. The topological polar surface area (TPSA) is 77.1 Å². The lowest BCUT2D eigenvalue weighted by atomic mass is 10.1. The third-order valence-corrected chi connectivity index (χ3v) is 4.42. The Morgan fingerprint density at radius 1 is 1.32 bits per heavy atom. The number of nitrogens with one attached hydrogen (secondary N) is 1. The van der Waals surface area contributed by atoms with Crippen molar-refractivity contribution < 1.29 is 4.79 Å². The van der Waals surface area contributed by atoms with Gasteiger partial charge in [-0.1, -0.05) is 41.7 Å². The predicted octanol–water partition coefficient (Wildman–Crippen LogP) is 1.76. The first-order chi connectivity index (χ1) is 9.99. The smallest absolute Gasteiger partial charge is 0.308 e. The van der Waals surface area contributed by atoms with Gasteiger partial charge >= 0.3 is 4.87 Å². The molecule has 0 saturated heterocycles. The lowest BCUT2D eigenvalue weighted by Crippen LogP contribution is -2.35. The first-order valence-electron chi connectivity index (χ1n) is 6.73. The summed E-state index contributed by atoms with van der Waals surface area (Å²) < 4.78 is 1.49. The van der Waals surface area contributed by atoms with E-state index >= 15 is 0 Å². The van der Waals surface area contributed by atoms with Crippen LogP contribution in [0.5, 0.6) is 0 Å². The van der Waals surface area contributed by atoms with Crippen molar-refractivity contribution in [1.82, 2.24) is 9.88 Å². The van der Waals surface area contributed by atoms with Gasteiger partial charge in [-0.15, -0.1) is 12.4 Å². The molecular weight excluding hydrogens is 322 g/mol. The van der Waals surface area contributed by atoms with Gasteiger partial charge in [0.05, 0.1) is 0 Å². The zero-order valence-electron chi connectivity index (χ0n) is 12.5. The summed E-state index contributed by atoms with van der Waals surface area (Å²) in [5.74, 6) is -0.204. The third kappa shape index (κ3) is 4.43. The second-order valence-electron chi connectivity index (χ2n) is 4.92. The highest BCUT2D eigenvalue weighted by Crippen LogP contribution is 2.10. The van der Waals surface area contributed by atoms with Crippen molar-refractivity contribution in [2.75, 3.05) is 6.54 Å². The normalized spacial score (nSPS) is 11.6. The fourth-order valence-corrected chi connectivity index (χ4v) is 2.84. The highest BCUT2D eigenvalue weighted by molar-refractivity contribution is 7.09. The van der Waals surface area contributed by atoms with E-state index < -0.39 is 0 Å². The van der Waals surface area contributed by atoms with E-state index in [2.05, 4.69) is 5.32 Å². The maximum atomic E-state index is 11.9. The zero-order valence-corrected chi connectivity index (χ0v) is 14.2. The Hall–Kier alpha value is -1.63. The first-order valence-corrected chi connectivity index (χ1v) is 7.54. The van der Waals surface area contributed by atoms with Crippen LogP contribution in [0.15, 0.2) is 35.1 Å². The highest BCUT2D eigenvalue weighted by atomic mass is 35.5. The van der Waals surface area contributed by atoms with E-state index in [9.17, 15) is 9.59 Å². The Morgan fingerprint density at radius 3 is 2.50 bits per heavy atom. The molecule has 0 spiro atoms. The fraction of sp³-hybridized carbons (Fsp3) is 0.333. The molecule has 0 radical (unpaired) electrons. The van der Waals surface area contributed by atoms with Gasteiger partial charge in [-0.3, -0.25) is 14.2 Å². The van der Waals surface area contributed by atoms with E-state index in [1.165, 1.54) is 4.57 Å². The molecule has 1 unspecified atom stereocenters. The van der Waals surface area contributed by atoms with Crippen LogP contribution in [0.25, 0.3) is 0 Å². The van der Waals surface area contributed by atoms with Crippen LogP contribution < -0.4 is 15.9 Å². The molecular formula is C15H20ClN3O2S. The lowest BCUT2D eigenvalue weighted by molar-refractivity contribution is -0.121. The SMILES string of the molecule is Cc1sc(=O)n(CC(=O)NCC(N)c2ccccc2)c1C.Cl. The van der Waals surface area contributed by atoms with E-state index in [1.807, 2.05) is 44.2 Å². The fourth-order valence-electron chi connectivity index (χ4n) is 2.01. The van der Waals surface area contributed by atoms with Gasteiger partial charge in [0, 0.05) is 23.2 Å². The van der Waals surface area contributed by atoms with Crippen LogP contribution >= 0.6 is 23.7 Å². The van der Waals surface area contributed by atoms with Gasteiger partial charge < -0.3 is 11.1 Å². The summed E-state index contributed by atoms with van der Waals surface area (Å²) in [6, 6.07) is 9.34. The highest BCUT2D eigenvalue weighted by Gasteiger charge is 2.12. The number of hydrogen-bond donors (Lipinski definition) is 2. The number of thiazole rings is 1. The van der Waals surface area contributed by atoms with Crippen LogP contribution in [0, 0.1) is 13.8 Å². The van der Waals surface area contributed by atoms with Crippen molar-refractivity contribution >= 4 is 29.7 Å². The lowest BCUT2D eigenvalue weighted by Gasteiger charge is -2.13. The summed E-state index contributed by atoms with van der Waals surface area (Å²) >= 11 is 1.16. The Labute approximate surface area is 139 Å². The summed E-state index contributed by atoms with van der Waals surface area (Å²) in [6.45, 7) is 4.10. The quantitative estimate of drug-likeness (QED) is 0.870. The molecule has 3 N–H and O–H groups in total. The molecule has 1 amide bonds. The van der Waals surface area contributed by atoms with E-state index in [-0.39, 0.29) is 35.8 Å². The molecule has 0 aliphatic carbocycles. The minimum absolute atomic E-state index is 0. The molecule has 0 saturated carbocycles. The van der Waals surface area contributed by atoms with Crippen LogP contribution in [-0.2, 0) is 11.3 Å². The van der Waals surface area contributed by atoms with Crippen LogP contribution in [0.3, 0.4) is 0 Å². The van der Waals surface area contributed by atoms with E-state index in [0.29, 0.717) is 6.54 Å². The second kappa shape index (κ2) is 8.12. The molecule has 0 aliphatic heterocycles. The number of nitrogens with two attached hydrogens (primary N) is 1. The molecule has 5 nitrogen and oxygen atoms in total. The molecule has 1 atom stereocenters. The predicted molar refractivity (Wildman–Crippen MR) is 91.7 cm³/mol. The molecule has 0 bridgehead atoms. The van der Waals surface area contributed by atoms with Crippen molar-refractivity contribution in [3.8, 4) is 0 Å². The third-order valence-electron chi connectivity index (χ3n) is 3.42. The van der Waals surface area contributed by atoms with Crippen LogP contribution in [0.1, 0.15) is 22.2 Å². The minimum atomic E-state index is -0.253. The number of nitrogens with zero attached hydrogens (tertiary/aromatic N) is 1. The average Bonchev–Trinajstić information content (AvgIpc) is 2.72.